The molecule has 0 aliphatic rings. The molecule has 2 aromatic rings. The van der Waals surface area contributed by atoms with E-state index in [2.05, 4.69) is 76.2 Å². The second-order valence-corrected chi connectivity index (χ2v) is 7.76. The molecule has 0 saturated carbocycles. The third-order valence-electron chi connectivity index (χ3n) is 3.36. The first-order chi connectivity index (χ1) is 9.09. The molecule has 0 bridgehead atoms. The van der Waals surface area contributed by atoms with Crippen molar-refractivity contribution in [3.63, 3.8) is 0 Å². The number of benzene rings is 2. The Morgan fingerprint density at radius 2 is 1.21 bits per heavy atom. The van der Waals surface area contributed by atoms with E-state index in [9.17, 15) is 0 Å². The van der Waals surface area contributed by atoms with Crippen LogP contribution in [0.15, 0.2) is 48.5 Å². The fraction of sp³-hybridized carbons (Fsp3) is 0.333. The van der Waals surface area contributed by atoms with Crippen LogP contribution in [0.25, 0.3) is 0 Å². The summed E-state index contributed by atoms with van der Waals surface area (Å²) < 4.78 is 0. The molecule has 0 saturated heterocycles. The lowest BCUT2D eigenvalue weighted by molar-refractivity contribution is 0.747. The summed E-state index contributed by atoms with van der Waals surface area (Å²) >= 11 is 0. The maximum Gasteiger partial charge on any atom is -0.0166 e. The normalized spacial score (nSPS) is 11.3. The topological polar surface area (TPSA) is 0 Å². The lowest BCUT2D eigenvalue weighted by Crippen LogP contribution is -2.20. The van der Waals surface area contributed by atoms with Crippen molar-refractivity contribution in [1.82, 2.24) is 0 Å². The van der Waals surface area contributed by atoms with E-state index in [1.54, 1.807) is 10.6 Å². The predicted molar refractivity (Wildman–Crippen MR) is 88.3 cm³/mol. The van der Waals surface area contributed by atoms with Crippen LogP contribution in [0.5, 0.6) is 0 Å². The van der Waals surface area contributed by atoms with Crippen molar-refractivity contribution < 1.29 is 0 Å². The molecule has 0 fully saturated rings. The van der Waals surface area contributed by atoms with Gasteiger partial charge in [0.2, 0.25) is 0 Å². The van der Waals surface area contributed by atoms with Crippen molar-refractivity contribution in [3.05, 3.63) is 59.7 Å². The van der Waals surface area contributed by atoms with Crippen LogP contribution < -0.4 is 10.6 Å². The minimum Gasteiger partial charge on any atom is -0.0624 e. The zero-order valence-electron chi connectivity index (χ0n) is 12.4. The molecule has 0 radical (unpaired) electrons. The molecule has 0 heterocycles. The van der Waals surface area contributed by atoms with Crippen LogP contribution in [-0.2, 0) is 0 Å². The van der Waals surface area contributed by atoms with E-state index < -0.39 is 0 Å². The van der Waals surface area contributed by atoms with Crippen molar-refractivity contribution in [3.8, 4) is 0 Å². The number of rotatable bonds is 4. The van der Waals surface area contributed by atoms with Crippen LogP contribution in [0.3, 0.4) is 0 Å². The Labute approximate surface area is 118 Å². The van der Waals surface area contributed by atoms with Gasteiger partial charge in [0.1, 0.15) is 0 Å². The Morgan fingerprint density at radius 1 is 0.789 bits per heavy atom. The first-order valence-electron chi connectivity index (χ1n) is 6.98. The molecule has 0 N–H and O–H groups in total. The second-order valence-electron chi connectivity index (χ2n) is 5.58. The quantitative estimate of drug-likeness (QED) is 0.723. The molecule has 19 heavy (non-hydrogen) atoms. The molecular formula is C18H23P. The van der Waals surface area contributed by atoms with Crippen molar-refractivity contribution in [1.29, 1.82) is 0 Å². The van der Waals surface area contributed by atoms with Gasteiger partial charge in [0.25, 0.3) is 0 Å². The zero-order valence-corrected chi connectivity index (χ0v) is 13.2. The van der Waals surface area contributed by atoms with Gasteiger partial charge in [-0.3, -0.25) is 0 Å². The Hall–Kier alpha value is -1.13. The van der Waals surface area contributed by atoms with E-state index in [1.165, 1.54) is 17.3 Å². The summed E-state index contributed by atoms with van der Waals surface area (Å²) in [4.78, 5) is 0. The molecule has 0 atom stereocenters. The van der Waals surface area contributed by atoms with Gasteiger partial charge in [0.15, 0.2) is 0 Å². The highest BCUT2D eigenvalue weighted by atomic mass is 31.1. The molecular weight excluding hydrogens is 247 g/mol. The SMILES string of the molecule is Cc1ccccc1P(CC(C)C)c1ccccc1C. The number of hydrogen-bond acceptors (Lipinski definition) is 0. The molecule has 0 aliphatic carbocycles. The summed E-state index contributed by atoms with van der Waals surface area (Å²) in [5.41, 5.74) is 2.86. The first kappa shape index (κ1) is 14.3. The van der Waals surface area contributed by atoms with E-state index in [-0.39, 0.29) is 7.92 Å². The molecule has 1 heteroatoms. The molecule has 0 spiro atoms. The van der Waals surface area contributed by atoms with Crippen molar-refractivity contribution >= 4 is 18.5 Å². The Balaban J connectivity index is 2.48. The summed E-state index contributed by atoms with van der Waals surface area (Å²) in [5, 5.41) is 3.08. The van der Waals surface area contributed by atoms with Gasteiger partial charge in [-0.2, -0.15) is 0 Å². The maximum absolute atomic E-state index is 2.33. The summed E-state index contributed by atoms with van der Waals surface area (Å²) in [6, 6.07) is 17.7. The van der Waals surface area contributed by atoms with E-state index in [0.29, 0.717) is 0 Å². The Bertz CT molecular complexity index is 497. The highest BCUT2D eigenvalue weighted by Gasteiger charge is 2.18. The predicted octanol–water partition coefficient (Wildman–Crippen LogP) is 4.39. The van der Waals surface area contributed by atoms with Crippen molar-refractivity contribution in [2.24, 2.45) is 5.92 Å². The first-order valence-corrected chi connectivity index (χ1v) is 8.51. The van der Waals surface area contributed by atoms with E-state index in [4.69, 9.17) is 0 Å². The summed E-state index contributed by atoms with van der Waals surface area (Å²) in [7, 11) is -0.232. The Morgan fingerprint density at radius 3 is 1.58 bits per heavy atom. The standard InChI is InChI=1S/C18H23P/c1-14(2)13-19(17-11-7-5-9-15(17)3)18-12-8-6-10-16(18)4/h5-12,14H,13H2,1-4H3. The van der Waals surface area contributed by atoms with Crippen LogP contribution in [0.1, 0.15) is 25.0 Å². The van der Waals surface area contributed by atoms with Crippen LogP contribution in [0.2, 0.25) is 0 Å². The molecule has 0 nitrogen and oxygen atoms in total. The fourth-order valence-electron chi connectivity index (χ4n) is 2.42. The van der Waals surface area contributed by atoms with Crippen LogP contribution in [0, 0.1) is 19.8 Å². The van der Waals surface area contributed by atoms with Gasteiger partial charge in [0, 0.05) is 0 Å². The van der Waals surface area contributed by atoms with Crippen molar-refractivity contribution in [2.45, 2.75) is 27.7 Å². The van der Waals surface area contributed by atoms with Crippen LogP contribution >= 0.6 is 7.92 Å². The summed E-state index contributed by atoms with van der Waals surface area (Å²) in [5.74, 6) is 0.727. The second kappa shape index (κ2) is 6.35. The van der Waals surface area contributed by atoms with Gasteiger partial charge >= 0.3 is 0 Å². The van der Waals surface area contributed by atoms with Crippen LogP contribution in [0.4, 0.5) is 0 Å². The smallest absolute Gasteiger partial charge is 0.0166 e. The summed E-state index contributed by atoms with van der Waals surface area (Å²) in [6.07, 6.45) is 1.27. The third kappa shape index (κ3) is 3.45. The molecule has 0 aromatic heterocycles. The minimum absolute atomic E-state index is 0.232. The molecule has 100 valence electrons. The minimum atomic E-state index is -0.232. The third-order valence-corrected chi connectivity index (χ3v) is 6.62. The van der Waals surface area contributed by atoms with Gasteiger partial charge in [-0.25, -0.2) is 0 Å². The molecule has 2 aromatic carbocycles. The maximum atomic E-state index is 2.33. The molecule has 0 aliphatic heterocycles. The van der Waals surface area contributed by atoms with Gasteiger partial charge in [-0.15, -0.1) is 0 Å². The fourth-order valence-corrected chi connectivity index (χ4v) is 5.34. The molecule has 0 amide bonds. The molecule has 2 rings (SSSR count). The van der Waals surface area contributed by atoms with Gasteiger partial charge < -0.3 is 0 Å². The van der Waals surface area contributed by atoms with Gasteiger partial charge in [-0.05, 0) is 55.6 Å². The van der Waals surface area contributed by atoms with Crippen LogP contribution in [-0.4, -0.2) is 6.16 Å². The van der Waals surface area contributed by atoms with E-state index in [0.717, 1.165) is 5.92 Å². The average molecular weight is 270 g/mol. The highest BCUT2D eigenvalue weighted by Crippen LogP contribution is 2.37. The number of aryl methyl sites for hydroxylation is 2. The largest absolute Gasteiger partial charge is 0.0624 e. The zero-order chi connectivity index (χ0) is 13.8. The van der Waals surface area contributed by atoms with E-state index >= 15 is 0 Å². The van der Waals surface area contributed by atoms with Gasteiger partial charge in [0.05, 0.1) is 0 Å². The number of hydrogen-bond donors (Lipinski definition) is 0. The van der Waals surface area contributed by atoms with Crippen molar-refractivity contribution in [2.75, 3.05) is 6.16 Å². The lowest BCUT2D eigenvalue weighted by atomic mass is 10.2. The highest BCUT2D eigenvalue weighted by molar-refractivity contribution is 7.73. The average Bonchev–Trinajstić information content (AvgIpc) is 2.37. The monoisotopic (exact) mass is 270 g/mol. The Kier molecular flexibility index (Phi) is 4.77. The molecule has 0 unspecified atom stereocenters. The summed E-state index contributed by atoms with van der Waals surface area (Å²) in [6.45, 7) is 9.13. The van der Waals surface area contributed by atoms with E-state index in [1.807, 2.05) is 0 Å². The van der Waals surface area contributed by atoms with Gasteiger partial charge in [-0.1, -0.05) is 62.4 Å². The lowest BCUT2D eigenvalue weighted by Gasteiger charge is -2.24.